The molecule has 0 unspecified atom stereocenters. The van der Waals surface area contributed by atoms with Crippen LogP contribution in [-0.2, 0) is 6.54 Å². The lowest BCUT2D eigenvalue weighted by Gasteiger charge is -2.05. The number of fused-ring (bicyclic) bond motifs is 1. The summed E-state index contributed by atoms with van der Waals surface area (Å²) < 4.78 is 41.0. The quantitative estimate of drug-likeness (QED) is 0.752. The van der Waals surface area contributed by atoms with E-state index in [0.717, 1.165) is 11.1 Å². The molecule has 0 saturated heterocycles. The first-order valence-corrected chi connectivity index (χ1v) is 7.00. The first-order chi connectivity index (χ1) is 10.5. The van der Waals surface area contributed by atoms with Crippen LogP contribution in [0.2, 0.25) is 0 Å². The number of aryl methyl sites for hydroxylation is 1. The second kappa shape index (κ2) is 5.41. The van der Waals surface area contributed by atoms with Gasteiger partial charge >= 0.3 is 0 Å². The number of imidazole rings is 1. The Kier molecular flexibility index (Phi) is 3.57. The van der Waals surface area contributed by atoms with Gasteiger partial charge in [-0.2, -0.15) is 5.10 Å². The zero-order valence-electron chi connectivity index (χ0n) is 11.2. The summed E-state index contributed by atoms with van der Waals surface area (Å²) >= 11 is 1.39. The molecule has 9 heteroatoms. The molecule has 0 aliphatic carbocycles. The molecule has 0 atom stereocenters. The molecule has 2 aromatic heterocycles. The van der Waals surface area contributed by atoms with Crippen LogP contribution in [0.5, 0.6) is 0 Å². The Bertz CT molecular complexity index is 842. The number of hydrogen-bond donors (Lipinski definition) is 1. The number of rotatable bonds is 3. The summed E-state index contributed by atoms with van der Waals surface area (Å²) in [6.07, 6.45) is 1.63. The molecule has 3 aromatic rings. The monoisotopic (exact) mass is 326 g/mol. The maximum atomic E-state index is 13.5. The fourth-order valence-electron chi connectivity index (χ4n) is 1.90. The van der Waals surface area contributed by atoms with Gasteiger partial charge in [0.1, 0.15) is 5.01 Å². The topological polar surface area (TPSA) is 59.3 Å². The van der Waals surface area contributed by atoms with Crippen LogP contribution >= 0.6 is 11.3 Å². The standard InChI is InChI=1S/C13H9F3N4OS/c1-6-19-20-5-7(18-13(20)22-6)4-17-12(21)8-2-3-9(14)11(16)10(8)15/h2-3,5H,4H2,1H3,(H,17,21). The van der Waals surface area contributed by atoms with E-state index in [-0.39, 0.29) is 6.54 Å². The molecule has 3 rings (SSSR count). The molecule has 5 nitrogen and oxygen atoms in total. The number of halogens is 3. The molecular formula is C13H9F3N4OS. The molecular weight excluding hydrogens is 317 g/mol. The normalized spacial score (nSPS) is 11.1. The first kappa shape index (κ1) is 14.5. The minimum atomic E-state index is -1.67. The Morgan fingerprint density at radius 2 is 2.09 bits per heavy atom. The molecule has 1 N–H and O–H groups in total. The molecule has 2 heterocycles. The fraction of sp³-hybridized carbons (Fsp3) is 0.154. The average Bonchev–Trinajstić information content (AvgIpc) is 2.99. The van der Waals surface area contributed by atoms with Crippen molar-refractivity contribution < 1.29 is 18.0 Å². The smallest absolute Gasteiger partial charge is 0.254 e. The van der Waals surface area contributed by atoms with Gasteiger partial charge in [0, 0.05) is 0 Å². The van der Waals surface area contributed by atoms with Crippen LogP contribution in [0.15, 0.2) is 18.3 Å². The summed E-state index contributed by atoms with van der Waals surface area (Å²) in [5.41, 5.74) is -0.0380. The van der Waals surface area contributed by atoms with E-state index in [0.29, 0.717) is 16.7 Å². The number of amides is 1. The van der Waals surface area contributed by atoms with E-state index in [2.05, 4.69) is 15.4 Å². The van der Waals surface area contributed by atoms with Crippen LogP contribution in [-0.4, -0.2) is 20.5 Å². The lowest BCUT2D eigenvalue weighted by atomic mass is 10.2. The lowest BCUT2D eigenvalue weighted by Crippen LogP contribution is -2.24. The van der Waals surface area contributed by atoms with Gasteiger partial charge in [-0.15, -0.1) is 0 Å². The third-order valence-corrected chi connectivity index (χ3v) is 3.74. The number of aromatic nitrogens is 3. The molecule has 1 aromatic carbocycles. The van der Waals surface area contributed by atoms with E-state index < -0.39 is 28.9 Å². The van der Waals surface area contributed by atoms with Crippen LogP contribution in [0, 0.1) is 24.4 Å². The van der Waals surface area contributed by atoms with E-state index in [1.165, 1.54) is 11.3 Å². The molecule has 0 fully saturated rings. The zero-order valence-corrected chi connectivity index (χ0v) is 12.0. The highest BCUT2D eigenvalue weighted by atomic mass is 32.1. The van der Waals surface area contributed by atoms with Crippen molar-refractivity contribution in [2.24, 2.45) is 0 Å². The van der Waals surface area contributed by atoms with Gasteiger partial charge in [0.2, 0.25) is 4.96 Å². The summed E-state index contributed by atoms with van der Waals surface area (Å²) in [6, 6.07) is 1.59. The Morgan fingerprint density at radius 1 is 1.32 bits per heavy atom. The number of carbonyl (C=O) groups is 1. The summed E-state index contributed by atoms with van der Waals surface area (Å²) in [5, 5.41) is 7.41. The highest BCUT2D eigenvalue weighted by molar-refractivity contribution is 7.16. The number of nitrogens with one attached hydrogen (secondary N) is 1. The third kappa shape index (κ3) is 2.54. The number of nitrogens with zero attached hydrogens (tertiary/aromatic N) is 3. The van der Waals surface area contributed by atoms with Gasteiger partial charge in [-0.05, 0) is 19.1 Å². The molecule has 114 valence electrons. The van der Waals surface area contributed by atoms with Crippen molar-refractivity contribution in [3.8, 4) is 0 Å². The lowest BCUT2D eigenvalue weighted by molar-refractivity contribution is 0.0945. The Morgan fingerprint density at radius 3 is 2.82 bits per heavy atom. The van der Waals surface area contributed by atoms with E-state index >= 15 is 0 Å². The highest BCUT2D eigenvalue weighted by Gasteiger charge is 2.18. The zero-order chi connectivity index (χ0) is 15.9. The van der Waals surface area contributed by atoms with Gasteiger partial charge in [-0.1, -0.05) is 11.3 Å². The van der Waals surface area contributed by atoms with Crippen molar-refractivity contribution in [3.63, 3.8) is 0 Å². The van der Waals surface area contributed by atoms with Crippen LogP contribution < -0.4 is 5.32 Å². The van der Waals surface area contributed by atoms with E-state index in [4.69, 9.17) is 0 Å². The fourth-order valence-corrected chi connectivity index (χ4v) is 2.64. The molecule has 0 aliphatic heterocycles. The summed E-state index contributed by atoms with van der Waals surface area (Å²) in [4.78, 5) is 16.7. The van der Waals surface area contributed by atoms with Crippen molar-refractivity contribution in [1.29, 1.82) is 0 Å². The summed E-state index contributed by atoms with van der Waals surface area (Å²) in [6.45, 7) is 1.86. The average molecular weight is 326 g/mol. The van der Waals surface area contributed by atoms with E-state index in [1.807, 2.05) is 6.92 Å². The van der Waals surface area contributed by atoms with Crippen molar-refractivity contribution in [3.05, 3.63) is 52.0 Å². The molecule has 22 heavy (non-hydrogen) atoms. The maximum absolute atomic E-state index is 13.5. The van der Waals surface area contributed by atoms with Gasteiger partial charge < -0.3 is 5.32 Å². The molecule has 0 spiro atoms. The van der Waals surface area contributed by atoms with E-state index in [9.17, 15) is 18.0 Å². The molecule has 0 bridgehead atoms. The third-order valence-electron chi connectivity index (χ3n) is 2.90. The molecule has 0 aliphatic rings. The van der Waals surface area contributed by atoms with Crippen LogP contribution in [0.4, 0.5) is 13.2 Å². The second-order valence-corrected chi connectivity index (χ2v) is 5.65. The SMILES string of the molecule is Cc1nn2cc(CNC(=O)c3ccc(F)c(F)c3F)nc2s1. The minimum Gasteiger partial charge on any atom is -0.346 e. The van der Waals surface area contributed by atoms with Crippen LogP contribution in [0.1, 0.15) is 21.1 Å². The maximum Gasteiger partial charge on any atom is 0.254 e. The summed E-state index contributed by atoms with van der Waals surface area (Å²) in [5.74, 6) is -5.38. The van der Waals surface area contributed by atoms with Gasteiger partial charge in [0.25, 0.3) is 5.91 Å². The molecule has 0 saturated carbocycles. The van der Waals surface area contributed by atoms with E-state index in [1.54, 1.807) is 10.7 Å². The van der Waals surface area contributed by atoms with Crippen molar-refractivity contribution in [1.82, 2.24) is 19.9 Å². The predicted octanol–water partition coefficient (Wildman–Crippen LogP) is 2.45. The Labute approximate surface area is 126 Å². The van der Waals surface area contributed by atoms with Gasteiger partial charge in [-0.25, -0.2) is 22.7 Å². The molecule has 1 amide bonds. The van der Waals surface area contributed by atoms with Crippen molar-refractivity contribution in [2.45, 2.75) is 13.5 Å². The highest BCUT2D eigenvalue weighted by Crippen LogP contribution is 2.16. The largest absolute Gasteiger partial charge is 0.346 e. The van der Waals surface area contributed by atoms with Gasteiger partial charge in [0.05, 0.1) is 24.0 Å². The Balaban J connectivity index is 1.74. The Hall–Kier alpha value is -2.42. The van der Waals surface area contributed by atoms with Crippen LogP contribution in [0.25, 0.3) is 4.96 Å². The number of carbonyl (C=O) groups excluding carboxylic acids is 1. The number of hydrogen-bond acceptors (Lipinski definition) is 4. The van der Waals surface area contributed by atoms with Gasteiger partial charge in [0.15, 0.2) is 17.5 Å². The number of benzene rings is 1. The second-order valence-electron chi connectivity index (χ2n) is 4.49. The van der Waals surface area contributed by atoms with Crippen molar-refractivity contribution in [2.75, 3.05) is 0 Å². The van der Waals surface area contributed by atoms with Gasteiger partial charge in [-0.3, -0.25) is 4.79 Å². The van der Waals surface area contributed by atoms with Crippen molar-refractivity contribution >= 4 is 22.2 Å². The predicted molar refractivity (Wildman–Crippen MR) is 73.1 cm³/mol. The molecule has 0 radical (unpaired) electrons. The van der Waals surface area contributed by atoms with Crippen LogP contribution in [0.3, 0.4) is 0 Å². The summed E-state index contributed by atoms with van der Waals surface area (Å²) in [7, 11) is 0. The first-order valence-electron chi connectivity index (χ1n) is 6.19. The minimum absolute atomic E-state index is 0.0202.